The highest BCUT2D eigenvalue weighted by molar-refractivity contribution is 5.98. The van der Waals surface area contributed by atoms with Gasteiger partial charge < -0.3 is 25.6 Å². The van der Waals surface area contributed by atoms with Gasteiger partial charge in [-0.25, -0.2) is 4.79 Å². The van der Waals surface area contributed by atoms with Crippen molar-refractivity contribution in [3.63, 3.8) is 0 Å². The van der Waals surface area contributed by atoms with E-state index in [2.05, 4.69) is 28.1 Å². The van der Waals surface area contributed by atoms with Crippen LogP contribution < -0.4 is 16.0 Å². The first-order chi connectivity index (χ1) is 16.9. The zero-order valence-electron chi connectivity index (χ0n) is 22.5. The standard InChI is InChI=1S/C27H44N4O5/c1-18(2)17-28-24(34)27-16-19(27)12-9-7-6-8-10-14-21(36-25(35)30-26(3,4)5)23(33)31-15-11-13-20(31)22(32)29-27/h9,12,18-21H,6-8,10-11,13-17H2,1-5H3,(H,28,34)(H,29,32)(H,30,35)/t19-,20+,21+,27-/m1/s1. The van der Waals surface area contributed by atoms with Gasteiger partial charge in [-0.05, 0) is 71.6 Å². The van der Waals surface area contributed by atoms with Gasteiger partial charge in [0.05, 0.1) is 0 Å². The summed E-state index contributed by atoms with van der Waals surface area (Å²) in [4.78, 5) is 54.2. The van der Waals surface area contributed by atoms with Crippen LogP contribution in [0.25, 0.3) is 0 Å². The number of allylic oxidation sites excluding steroid dienone is 1. The Morgan fingerprint density at radius 3 is 2.61 bits per heavy atom. The van der Waals surface area contributed by atoms with Gasteiger partial charge in [0, 0.05) is 24.5 Å². The number of carbonyl (C=O) groups is 4. The third-order valence-corrected chi connectivity index (χ3v) is 6.98. The predicted molar refractivity (Wildman–Crippen MR) is 137 cm³/mol. The second kappa shape index (κ2) is 11.6. The number of ether oxygens (including phenoxy) is 1. The summed E-state index contributed by atoms with van der Waals surface area (Å²) in [5.74, 6) is -0.577. The highest BCUT2D eigenvalue weighted by atomic mass is 16.6. The molecular weight excluding hydrogens is 460 g/mol. The number of rotatable bonds is 4. The summed E-state index contributed by atoms with van der Waals surface area (Å²) < 4.78 is 5.60. The molecule has 4 atom stereocenters. The molecule has 0 radical (unpaired) electrons. The Kier molecular flexibility index (Phi) is 9.06. The van der Waals surface area contributed by atoms with Gasteiger partial charge in [-0.15, -0.1) is 0 Å². The van der Waals surface area contributed by atoms with Crippen LogP contribution in [0.3, 0.4) is 0 Å². The van der Waals surface area contributed by atoms with Gasteiger partial charge in [-0.1, -0.05) is 32.4 Å². The predicted octanol–water partition coefficient (Wildman–Crippen LogP) is 3.04. The summed E-state index contributed by atoms with van der Waals surface area (Å²) in [6, 6.07) is -0.681. The van der Waals surface area contributed by atoms with Crippen LogP contribution in [0.2, 0.25) is 0 Å². The molecule has 4 amide bonds. The zero-order chi connectivity index (χ0) is 26.5. The average Bonchev–Trinajstić information content (AvgIpc) is 3.24. The van der Waals surface area contributed by atoms with E-state index in [4.69, 9.17) is 4.74 Å². The number of hydrogen-bond donors (Lipinski definition) is 3. The Morgan fingerprint density at radius 2 is 1.92 bits per heavy atom. The van der Waals surface area contributed by atoms with E-state index in [0.29, 0.717) is 44.7 Å². The molecule has 9 nitrogen and oxygen atoms in total. The molecule has 0 aromatic rings. The maximum Gasteiger partial charge on any atom is 0.408 e. The molecule has 2 fully saturated rings. The van der Waals surface area contributed by atoms with E-state index in [-0.39, 0.29) is 23.6 Å². The molecule has 3 N–H and O–H groups in total. The molecule has 3 aliphatic rings. The van der Waals surface area contributed by atoms with Crippen LogP contribution in [-0.2, 0) is 19.1 Å². The molecule has 36 heavy (non-hydrogen) atoms. The summed E-state index contributed by atoms with van der Waals surface area (Å²) in [6.45, 7) is 10.6. The highest BCUT2D eigenvalue weighted by Gasteiger charge is 2.60. The smallest absolute Gasteiger partial charge is 0.408 e. The Balaban J connectivity index is 1.80. The van der Waals surface area contributed by atoms with E-state index in [1.165, 1.54) is 4.90 Å². The normalized spacial score (nSPS) is 29.4. The van der Waals surface area contributed by atoms with Crippen molar-refractivity contribution in [2.24, 2.45) is 11.8 Å². The molecule has 0 spiro atoms. The van der Waals surface area contributed by atoms with Gasteiger partial charge in [0.1, 0.15) is 11.6 Å². The van der Waals surface area contributed by atoms with Crippen molar-refractivity contribution in [1.82, 2.24) is 20.9 Å². The fraction of sp³-hybridized carbons (Fsp3) is 0.778. The number of nitrogens with zero attached hydrogens (tertiary/aromatic N) is 1. The maximum absolute atomic E-state index is 13.5. The lowest BCUT2D eigenvalue weighted by atomic mass is 10.1. The van der Waals surface area contributed by atoms with Crippen molar-refractivity contribution in [3.05, 3.63) is 12.2 Å². The number of fused-ring (bicyclic) bond motifs is 2. The molecule has 0 unspecified atom stereocenters. The molecule has 1 saturated heterocycles. The van der Waals surface area contributed by atoms with Crippen LogP contribution >= 0.6 is 0 Å². The average molecular weight is 505 g/mol. The zero-order valence-corrected chi connectivity index (χ0v) is 22.5. The number of nitrogens with one attached hydrogen (secondary N) is 3. The summed E-state index contributed by atoms with van der Waals surface area (Å²) >= 11 is 0. The monoisotopic (exact) mass is 504 g/mol. The van der Waals surface area contributed by atoms with Crippen molar-refractivity contribution in [2.45, 2.75) is 109 Å². The molecule has 3 rings (SSSR count). The van der Waals surface area contributed by atoms with Gasteiger partial charge >= 0.3 is 6.09 Å². The quantitative estimate of drug-likeness (QED) is 0.509. The van der Waals surface area contributed by atoms with Gasteiger partial charge in [-0.3, -0.25) is 14.4 Å². The molecule has 0 aromatic heterocycles. The van der Waals surface area contributed by atoms with E-state index in [0.717, 1.165) is 25.7 Å². The topological polar surface area (TPSA) is 117 Å². The Hall–Kier alpha value is -2.58. The summed E-state index contributed by atoms with van der Waals surface area (Å²) in [7, 11) is 0. The van der Waals surface area contributed by atoms with Crippen molar-refractivity contribution < 1.29 is 23.9 Å². The van der Waals surface area contributed by atoms with Crippen LogP contribution in [-0.4, -0.2) is 65.0 Å². The second-order valence-corrected chi connectivity index (χ2v) is 11.9. The Morgan fingerprint density at radius 1 is 1.17 bits per heavy atom. The molecular formula is C27H44N4O5. The third-order valence-electron chi connectivity index (χ3n) is 6.98. The fourth-order valence-corrected chi connectivity index (χ4v) is 4.95. The van der Waals surface area contributed by atoms with E-state index < -0.39 is 29.3 Å². The lowest BCUT2D eigenvalue weighted by molar-refractivity contribution is -0.146. The molecule has 9 heteroatoms. The van der Waals surface area contributed by atoms with E-state index in [9.17, 15) is 19.2 Å². The highest BCUT2D eigenvalue weighted by Crippen LogP contribution is 2.45. The first-order valence-corrected chi connectivity index (χ1v) is 13.5. The molecule has 1 saturated carbocycles. The molecule has 2 aliphatic heterocycles. The lowest BCUT2D eigenvalue weighted by Crippen LogP contribution is -2.57. The molecule has 202 valence electrons. The minimum Gasteiger partial charge on any atom is -0.436 e. The molecule has 0 aromatic carbocycles. The van der Waals surface area contributed by atoms with Crippen LogP contribution in [0.4, 0.5) is 4.79 Å². The van der Waals surface area contributed by atoms with Gasteiger partial charge in [0.15, 0.2) is 6.10 Å². The van der Waals surface area contributed by atoms with Crippen LogP contribution in [0.1, 0.15) is 86.0 Å². The number of alkyl carbamates (subject to hydrolysis) is 1. The van der Waals surface area contributed by atoms with Crippen LogP contribution in [0.15, 0.2) is 12.2 Å². The van der Waals surface area contributed by atoms with E-state index >= 15 is 0 Å². The number of amides is 4. The van der Waals surface area contributed by atoms with E-state index in [1.54, 1.807) is 0 Å². The lowest BCUT2D eigenvalue weighted by Gasteiger charge is -2.30. The number of hydrogen-bond acceptors (Lipinski definition) is 5. The Bertz CT molecular complexity index is 865. The summed E-state index contributed by atoms with van der Waals surface area (Å²) in [5, 5.41) is 8.76. The maximum atomic E-state index is 13.5. The Labute approximate surface area is 215 Å². The summed E-state index contributed by atoms with van der Waals surface area (Å²) in [6.07, 6.45) is 8.14. The minimum atomic E-state index is -0.970. The van der Waals surface area contributed by atoms with Crippen LogP contribution in [0, 0.1) is 11.8 Å². The molecule has 2 heterocycles. The van der Waals surface area contributed by atoms with Gasteiger partial charge in [-0.2, -0.15) is 0 Å². The van der Waals surface area contributed by atoms with Crippen molar-refractivity contribution in [2.75, 3.05) is 13.1 Å². The second-order valence-electron chi connectivity index (χ2n) is 11.9. The fourth-order valence-electron chi connectivity index (χ4n) is 4.95. The number of carbonyl (C=O) groups excluding carboxylic acids is 4. The van der Waals surface area contributed by atoms with Crippen molar-refractivity contribution >= 4 is 23.8 Å². The molecule has 0 bridgehead atoms. The SMILES string of the molecule is CC(C)CNC(=O)[C@@]12C[C@H]1C=CCCCCC[C@H](OC(=O)NC(C)(C)C)C(=O)N1CCC[C@H]1C(=O)N2. The van der Waals surface area contributed by atoms with Crippen LogP contribution in [0.5, 0.6) is 0 Å². The summed E-state index contributed by atoms with van der Waals surface area (Å²) in [5.41, 5.74) is -1.46. The van der Waals surface area contributed by atoms with Gasteiger partial charge in [0.25, 0.3) is 5.91 Å². The first-order valence-electron chi connectivity index (χ1n) is 13.5. The van der Waals surface area contributed by atoms with Crippen molar-refractivity contribution in [1.29, 1.82) is 0 Å². The van der Waals surface area contributed by atoms with Gasteiger partial charge in [0.2, 0.25) is 11.8 Å². The molecule has 1 aliphatic carbocycles. The van der Waals surface area contributed by atoms with Crippen molar-refractivity contribution in [3.8, 4) is 0 Å². The minimum absolute atomic E-state index is 0.0542. The van der Waals surface area contributed by atoms with E-state index in [1.807, 2.05) is 34.6 Å². The first kappa shape index (κ1) is 28.0. The third kappa shape index (κ3) is 7.23. The largest absolute Gasteiger partial charge is 0.436 e.